The second-order valence-electron chi connectivity index (χ2n) is 8.31. The molecule has 0 aliphatic carbocycles. The average molecular weight is 395 g/mol. The van der Waals surface area contributed by atoms with Gasteiger partial charge in [-0.25, -0.2) is 0 Å². The second-order valence-corrected chi connectivity index (χ2v) is 8.31. The van der Waals surface area contributed by atoms with Gasteiger partial charge >= 0.3 is 0 Å². The number of carbonyl (C=O) groups is 1. The first-order valence-electron chi connectivity index (χ1n) is 10.4. The number of nitrogens with zero attached hydrogens (tertiary/aromatic N) is 2. The lowest BCUT2D eigenvalue weighted by atomic mass is 9.87. The molecule has 0 aromatic heterocycles. The van der Waals surface area contributed by atoms with Crippen molar-refractivity contribution in [2.75, 3.05) is 32.8 Å². The highest BCUT2D eigenvalue weighted by molar-refractivity contribution is 5.74. The molecule has 0 bridgehead atoms. The summed E-state index contributed by atoms with van der Waals surface area (Å²) in [6, 6.07) is 16.8. The van der Waals surface area contributed by atoms with Crippen LogP contribution in [0.2, 0.25) is 0 Å². The van der Waals surface area contributed by atoms with E-state index in [1.54, 1.807) is 6.92 Å². The zero-order chi connectivity index (χ0) is 20.4. The number of rotatable bonds is 6. The van der Waals surface area contributed by atoms with Gasteiger partial charge in [0.05, 0.1) is 12.6 Å². The van der Waals surface area contributed by atoms with Gasteiger partial charge < -0.3 is 14.7 Å². The average Bonchev–Trinajstić information content (AvgIpc) is 3.24. The molecule has 0 spiro atoms. The molecule has 0 unspecified atom stereocenters. The Labute approximate surface area is 172 Å². The van der Waals surface area contributed by atoms with Crippen molar-refractivity contribution in [3.63, 3.8) is 0 Å². The molecule has 2 saturated heterocycles. The Balaban J connectivity index is 1.50. The van der Waals surface area contributed by atoms with Crippen molar-refractivity contribution in [3.05, 3.63) is 65.2 Å². The summed E-state index contributed by atoms with van der Waals surface area (Å²) in [7, 11) is 0. The quantitative estimate of drug-likeness (QED) is 0.818. The van der Waals surface area contributed by atoms with Gasteiger partial charge in [-0.2, -0.15) is 0 Å². The van der Waals surface area contributed by atoms with Crippen molar-refractivity contribution in [1.82, 2.24) is 9.80 Å². The molecular formula is C24H30N2O3. The molecule has 2 aliphatic rings. The first-order valence-corrected chi connectivity index (χ1v) is 10.4. The molecule has 0 saturated carbocycles. The monoisotopic (exact) mass is 394 g/mol. The van der Waals surface area contributed by atoms with Crippen molar-refractivity contribution in [1.29, 1.82) is 0 Å². The molecule has 2 fully saturated rings. The summed E-state index contributed by atoms with van der Waals surface area (Å²) in [5.74, 6) is 1.95. The minimum absolute atomic E-state index is 0.0205. The maximum Gasteiger partial charge on any atom is 0.219 e. The number of aliphatic hydroxyl groups is 1. The second kappa shape index (κ2) is 8.56. The van der Waals surface area contributed by atoms with Gasteiger partial charge in [-0.05, 0) is 41.7 Å². The van der Waals surface area contributed by atoms with E-state index in [0.717, 1.165) is 31.9 Å². The molecule has 29 heavy (non-hydrogen) atoms. The number of ether oxygens (including phenoxy) is 1. The Morgan fingerprint density at radius 2 is 1.97 bits per heavy atom. The molecule has 3 atom stereocenters. The van der Waals surface area contributed by atoms with E-state index in [0.29, 0.717) is 18.4 Å². The largest absolute Gasteiger partial charge is 0.491 e. The molecule has 1 amide bonds. The van der Waals surface area contributed by atoms with Crippen LogP contribution < -0.4 is 4.74 Å². The normalized spacial score (nSPS) is 24.0. The number of hydrogen-bond acceptors (Lipinski definition) is 4. The number of amides is 1. The zero-order valence-corrected chi connectivity index (χ0v) is 17.3. The number of likely N-dealkylation sites (tertiary alicyclic amines) is 2. The summed E-state index contributed by atoms with van der Waals surface area (Å²) in [4.78, 5) is 16.9. The predicted molar refractivity (Wildman–Crippen MR) is 113 cm³/mol. The van der Waals surface area contributed by atoms with E-state index >= 15 is 0 Å². The van der Waals surface area contributed by atoms with Crippen LogP contribution in [0.25, 0.3) is 0 Å². The zero-order valence-electron chi connectivity index (χ0n) is 17.3. The van der Waals surface area contributed by atoms with Crippen molar-refractivity contribution < 1.29 is 14.6 Å². The molecule has 5 heteroatoms. The molecule has 2 aliphatic heterocycles. The van der Waals surface area contributed by atoms with Crippen LogP contribution in [0, 0.1) is 18.8 Å². The van der Waals surface area contributed by atoms with Crippen LogP contribution in [0.1, 0.15) is 29.7 Å². The Bertz CT molecular complexity index is 869. The van der Waals surface area contributed by atoms with Crippen LogP contribution in [-0.2, 0) is 11.3 Å². The third-order valence-electron chi connectivity index (χ3n) is 6.32. The van der Waals surface area contributed by atoms with Gasteiger partial charge in [0.15, 0.2) is 0 Å². The van der Waals surface area contributed by atoms with Crippen LogP contribution in [-0.4, -0.2) is 53.7 Å². The molecule has 2 aromatic rings. The fourth-order valence-electron chi connectivity index (χ4n) is 5.06. The first kappa shape index (κ1) is 19.9. The smallest absolute Gasteiger partial charge is 0.219 e. The van der Waals surface area contributed by atoms with Crippen LogP contribution in [0.4, 0.5) is 0 Å². The summed E-state index contributed by atoms with van der Waals surface area (Å²) < 4.78 is 5.55. The maximum atomic E-state index is 12.3. The number of benzene rings is 2. The van der Waals surface area contributed by atoms with Gasteiger partial charge in [0.2, 0.25) is 5.91 Å². The third-order valence-corrected chi connectivity index (χ3v) is 6.32. The van der Waals surface area contributed by atoms with Crippen molar-refractivity contribution in [2.24, 2.45) is 11.8 Å². The summed E-state index contributed by atoms with van der Waals surface area (Å²) in [6.07, 6.45) is 0. The van der Waals surface area contributed by atoms with Crippen molar-refractivity contribution in [3.8, 4) is 5.75 Å². The van der Waals surface area contributed by atoms with Crippen LogP contribution in [0.3, 0.4) is 0 Å². The molecule has 4 rings (SSSR count). The summed E-state index contributed by atoms with van der Waals surface area (Å²) in [5, 5.41) is 8.96. The molecule has 2 heterocycles. The fraction of sp³-hybridized carbons (Fsp3) is 0.458. The van der Waals surface area contributed by atoms with Crippen molar-refractivity contribution in [2.45, 2.75) is 26.4 Å². The highest BCUT2D eigenvalue weighted by Crippen LogP contribution is 2.46. The number of aryl methyl sites for hydroxylation is 1. The highest BCUT2D eigenvalue weighted by Gasteiger charge is 2.48. The van der Waals surface area contributed by atoms with Crippen LogP contribution >= 0.6 is 0 Å². The third kappa shape index (κ3) is 4.16. The van der Waals surface area contributed by atoms with Crippen LogP contribution in [0.5, 0.6) is 5.75 Å². The summed E-state index contributed by atoms with van der Waals surface area (Å²) >= 11 is 0. The van der Waals surface area contributed by atoms with E-state index in [2.05, 4.69) is 53.1 Å². The van der Waals surface area contributed by atoms with Gasteiger partial charge in [0.25, 0.3) is 0 Å². The molecule has 154 valence electrons. The lowest BCUT2D eigenvalue weighted by molar-refractivity contribution is -0.130. The van der Waals surface area contributed by atoms with Gasteiger partial charge in [0.1, 0.15) is 12.4 Å². The summed E-state index contributed by atoms with van der Waals surface area (Å²) in [6.45, 7) is 7.91. The van der Waals surface area contributed by atoms with Gasteiger partial charge in [0, 0.05) is 39.0 Å². The molecular weight excluding hydrogens is 364 g/mol. The van der Waals surface area contributed by atoms with Gasteiger partial charge in [-0.1, -0.05) is 36.4 Å². The standard InChI is InChI=1S/C24H30N2O3/c1-17-6-3-4-9-22(17)24-23-16-25(14-20(23)15-26(24)18(2)28)13-19-7-5-8-21(12-19)29-11-10-27/h3-9,12,20,23-24,27H,10-11,13-16H2,1-2H3/t20-,23-,24+/m1/s1. The SMILES string of the molecule is CC(=O)N1C[C@H]2CN(Cc3cccc(OCCO)c3)C[C@H]2[C@@H]1c1ccccc1C. The van der Waals surface area contributed by atoms with E-state index in [1.807, 2.05) is 12.1 Å². The molecule has 5 nitrogen and oxygen atoms in total. The minimum atomic E-state index is 0.0205. The first-order chi connectivity index (χ1) is 14.1. The molecule has 2 aromatic carbocycles. The molecule has 0 radical (unpaired) electrons. The number of aliphatic hydroxyl groups excluding tert-OH is 1. The van der Waals surface area contributed by atoms with Gasteiger partial charge in [-0.15, -0.1) is 0 Å². The van der Waals surface area contributed by atoms with Crippen LogP contribution in [0.15, 0.2) is 48.5 Å². The topological polar surface area (TPSA) is 53.0 Å². The minimum Gasteiger partial charge on any atom is -0.491 e. The predicted octanol–water partition coefficient (Wildman–Crippen LogP) is 3.02. The maximum absolute atomic E-state index is 12.3. The van der Waals surface area contributed by atoms with E-state index in [9.17, 15) is 4.79 Å². The van der Waals surface area contributed by atoms with E-state index in [1.165, 1.54) is 16.7 Å². The van der Waals surface area contributed by atoms with Gasteiger partial charge in [-0.3, -0.25) is 9.69 Å². The fourth-order valence-corrected chi connectivity index (χ4v) is 5.06. The Morgan fingerprint density at radius 1 is 1.14 bits per heavy atom. The van der Waals surface area contributed by atoms with E-state index in [4.69, 9.17) is 9.84 Å². The Kier molecular flexibility index (Phi) is 5.88. The Morgan fingerprint density at radius 3 is 2.72 bits per heavy atom. The number of fused-ring (bicyclic) bond motifs is 1. The number of hydrogen-bond donors (Lipinski definition) is 1. The van der Waals surface area contributed by atoms with E-state index < -0.39 is 0 Å². The lowest BCUT2D eigenvalue weighted by Gasteiger charge is -2.30. The van der Waals surface area contributed by atoms with E-state index in [-0.39, 0.29) is 18.6 Å². The highest BCUT2D eigenvalue weighted by atomic mass is 16.5. The lowest BCUT2D eigenvalue weighted by Crippen LogP contribution is -2.34. The molecule has 1 N–H and O–H groups in total. The number of carbonyl (C=O) groups excluding carboxylic acids is 1. The summed E-state index contributed by atoms with van der Waals surface area (Å²) in [5.41, 5.74) is 3.77. The Hall–Kier alpha value is -2.37. The van der Waals surface area contributed by atoms with Crippen molar-refractivity contribution >= 4 is 5.91 Å².